The maximum absolute atomic E-state index is 10.9. The highest BCUT2D eigenvalue weighted by Crippen LogP contribution is 1.96. The molecule has 0 aromatic rings. The summed E-state index contributed by atoms with van der Waals surface area (Å²) < 4.78 is 0. The van der Waals surface area contributed by atoms with E-state index >= 15 is 0 Å². The van der Waals surface area contributed by atoms with Gasteiger partial charge in [-0.2, -0.15) is 0 Å². The Kier molecular flexibility index (Phi) is 1.89. The van der Waals surface area contributed by atoms with Crippen LogP contribution in [-0.2, 0) is 9.59 Å². The van der Waals surface area contributed by atoms with Crippen LogP contribution in [0.4, 0.5) is 0 Å². The average molecular weight is 142 g/mol. The molecule has 0 radical (unpaired) electrons. The number of hydrogen-bond acceptors (Lipinski definition) is 2. The lowest BCUT2D eigenvalue weighted by Gasteiger charge is -2.28. The van der Waals surface area contributed by atoms with Gasteiger partial charge in [-0.25, -0.2) is 0 Å². The smallest absolute Gasteiger partial charge is 0.241 e. The van der Waals surface area contributed by atoms with Crippen LogP contribution in [0, 0.1) is 0 Å². The van der Waals surface area contributed by atoms with Crippen LogP contribution in [0.1, 0.15) is 0 Å². The molecule has 0 saturated carbocycles. The van der Waals surface area contributed by atoms with E-state index in [4.69, 9.17) is 0 Å². The highest BCUT2D eigenvalue weighted by molar-refractivity contribution is 5.80. The first kappa shape index (κ1) is 7.05. The van der Waals surface area contributed by atoms with E-state index in [1.54, 1.807) is 11.9 Å². The van der Waals surface area contributed by atoms with E-state index in [1.165, 1.54) is 4.90 Å². The van der Waals surface area contributed by atoms with Gasteiger partial charge in [-0.1, -0.05) is 0 Å². The summed E-state index contributed by atoms with van der Waals surface area (Å²) in [7, 11) is 1.74. The summed E-state index contributed by atoms with van der Waals surface area (Å²) in [6.07, 6.45) is 0.713. The summed E-state index contributed by atoms with van der Waals surface area (Å²) in [5.74, 6) is 0.0124. The van der Waals surface area contributed by atoms with Crippen LogP contribution in [0.2, 0.25) is 0 Å². The van der Waals surface area contributed by atoms with Gasteiger partial charge in [0.05, 0.1) is 6.54 Å². The minimum Gasteiger partial charge on any atom is -0.342 e. The molecule has 4 nitrogen and oxygen atoms in total. The number of piperazine rings is 1. The number of likely N-dealkylation sites (N-methyl/N-ethyl adjacent to an activating group) is 1. The van der Waals surface area contributed by atoms with Crippen molar-refractivity contribution in [3.8, 4) is 0 Å². The molecule has 0 aliphatic carbocycles. The molecule has 0 aromatic carbocycles. The number of hydrogen-bond donors (Lipinski definition) is 0. The topological polar surface area (TPSA) is 40.6 Å². The first-order chi connectivity index (χ1) is 4.74. The summed E-state index contributed by atoms with van der Waals surface area (Å²) in [6, 6.07) is 0. The molecule has 1 heterocycles. The second-order valence-electron chi connectivity index (χ2n) is 2.39. The zero-order valence-electron chi connectivity index (χ0n) is 5.91. The minimum atomic E-state index is 0.0124. The van der Waals surface area contributed by atoms with Gasteiger partial charge < -0.3 is 9.80 Å². The molecule has 1 saturated heterocycles. The summed E-state index contributed by atoms with van der Waals surface area (Å²) in [4.78, 5) is 24.2. The third kappa shape index (κ3) is 1.26. The lowest BCUT2D eigenvalue weighted by molar-refractivity contribution is -0.138. The van der Waals surface area contributed by atoms with Crippen molar-refractivity contribution in [2.75, 3.05) is 26.7 Å². The highest BCUT2D eigenvalue weighted by atomic mass is 16.2. The van der Waals surface area contributed by atoms with Crippen molar-refractivity contribution in [1.82, 2.24) is 9.80 Å². The van der Waals surface area contributed by atoms with Crippen LogP contribution in [0.25, 0.3) is 0 Å². The molecule has 0 bridgehead atoms. The first-order valence-corrected chi connectivity index (χ1v) is 3.17. The quantitative estimate of drug-likeness (QED) is 0.437. The zero-order valence-corrected chi connectivity index (χ0v) is 5.91. The van der Waals surface area contributed by atoms with Crippen LogP contribution in [0.15, 0.2) is 0 Å². The second-order valence-corrected chi connectivity index (χ2v) is 2.39. The Balaban J connectivity index is 2.48. The Morgan fingerprint density at radius 3 is 2.70 bits per heavy atom. The maximum atomic E-state index is 10.9. The Bertz CT molecular complexity index is 158. The van der Waals surface area contributed by atoms with Crippen molar-refractivity contribution in [1.29, 1.82) is 0 Å². The van der Waals surface area contributed by atoms with Gasteiger partial charge in [-0.05, 0) is 0 Å². The number of amides is 2. The molecule has 56 valence electrons. The molecule has 10 heavy (non-hydrogen) atoms. The molecular formula is C6H10N2O2. The Morgan fingerprint density at radius 2 is 2.20 bits per heavy atom. The molecule has 1 aliphatic heterocycles. The summed E-state index contributed by atoms with van der Waals surface area (Å²) in [6.45, 7) is 1.54. The molecule has 0 aromatic heterocycles. The lowest BCUT2D eigenvalue weighted by Crippen LogP contribution is -2.47. The molecule has 1 aliphatic rings. The van der Waals surface area contributed by atoms with Crippen molar-refractivity contribution in [3.05, 3.63) is 0 Å². The molecule has 0 N–H and O–H groups in total. The molecular weight excluding hydrogens is 132 g/mol. The predicted molar refractivity (Wildman–Crippen MR) is 35.3 cm³/mol. The third-order valence-corrected chi connectivity index (χ3v) is 1.64. The first-order valence-electron chi connectivity index (χ1n) is 3.17. The fourth-order valence-electron chi connectivity index (χ4n) is 0.867. The molecule has 4 heteroatoms. The van der Waals surface area contributed by atoms with Gasteiger partial charge in [-0.3, -0.25) is 9.59 Å². The van der Waals surface area contributed by atoms with E-state index in [-0.39, 0.29) is 12.5 Å². The van der Waals surface area contributed by atoms with Gasteiger partial charge in [0.25, 0.3) is 0 Å². The zero-order chi connectivity index (χ0) is 7.56. The standard InChI is InChI=1S/C6H10N2O2/c1-7-2-3-8(5-9)4-6(7)10/h5H,2-4H2,1H3. The van der Waals surface area contributed by atoms with Crippen LogP contribution < -0.4 is 0 Å². The predicted octanol–water partition coefficient (Wildman–Crippen LogP) is -1.08. The second kappa shape index (κ2) is 2.68. The van der Waals surface area contributed by atoms with Crippen molar-refractivity contribution in [2.45, 2.75) is 0 Å². The largest absolute Gasteiger partial charge is 0.342 e. The van der Waals surface area contributed by atoms with Crippen LogP contribution in [0.5, 0.6) is 0 Å². The summed E-state index contributed by atoms with van der Waals surface area (Å²) in [5, 5.41) is 0. The Hall–Kier alpha value is -1.06. The molecule has 0 spiro atoms. The van der Waals surface area contributed by atoms with E-state index in [0.29, 0.717) is 19.5 Å². The molecule has 0 atom stereocenters. The van der Waals surface area contributed by atoms with E-state index in [1.807, 2.05) is 0 Å². The van der Waals surface area contributed by atoms with Gasteiger partial charge in [0.15, 0.2) is 0 Å². The summed E-state index contributed by atoms with van der Waals surface area (Å²) >= 11 is 0. The molecule has 0 unspecified atom stereocenters. The van der Waals surface area contributed by atoms with Crippen molar-refractivity contribution in [3.63, 3.8) is 0 Å². The SMILES string of the molecule is CN1CCN(C=O)CC1=O. The van der Waals surface area contributed by atoms with Gasteiger partial charge in [0, 0.05) is 20.1 Å². The van der Waals surface area contributed by atoms with Gasteiger partial charge in [0.2, 0.25) is 12.3 Å². The number of carbonyl (C=O) groups is 2. The van der Waals surface area contributed by atoms with Crippen molar-refractivity contribution in [2.24, 2.45) is 0 Å². The Labute approximate surface area is 59.4 Å². The van der Waals surface area contributed by atoms with Gasteiger partial charge in [-0.15, -0.1) is 0 Å². The normalized spacial score (nSPS) is 19.5. The van der Waals surface area contributed by atoms with E-state index in [0.717, 1.165) is 0 Å². The molecule has 2 amide bonds. The van der Waals surface area contributed by atoms with Crippen LogP contribution in [-0.4, -0.2) is 48.8 Å². The Morgan fingerprint density at radius 1 is 1.50 bits per heavy atom. The monoisotopic (exact) mass is 142 g/mol. The van der Waals surface area contributed by atoms with Crippen molar-refractivity contribution >= 4 is 12.3 Å². The van der Waals surface area contributed by atoms with E-state index in [2.05, 4.69) is 0 Å². The fraction of sp³-hybridized carbons (Fsp3) is 0.667. The minimum absolute atomic E-state index is 0.0124. The number of carbonyl (C=O) groups excluding carboxylic acids is 2. The van der Waals surface area contributed by atoms with E-state index < -0.39 is 0 Å². The van der Waals surface area contributed by atoms with Crippen LogP contribution >= 0.6 is 0 Å². The average Bonchev–Trinajstić information content (AvgIpc) is 1.95. The maximum Gasteiger partial charge on any atom is 0.241 e. The number of nitrogens with zero attached hydrogens (tertiary/aromatic N) is 2. The lowest BCUT2D eigenvalue weighted by atomic mass is 10.3. The molecule has 1 fully saturated rings. The fourth-order valence-corrected chi connectivity index (χ4v) is 0.867. The third-order valence-electron chi connectivity index (χ3n) is 1.64. The molecule has 1 rings (SSSR count). The van der Waals surface area contributed by atoms with Crippen LogP contribution in [0.3, 0.4) is 0 Å². The number of rotatable bonds is 1. The summed E-state index contributed by atoms with van der Waals surface area (Å²) in [5.41, 5.74) is 0. The van der Waals surface area contributed by atoms with E-state index in [9.17, 15) is 9.59 Å². The van der Waals surface area contributed by atoms with Gasteiger partial charge in [0.1, 0.15) is 0 Å². The van der Waals surface area contributed by atoms with Crippen molar-refractivity contribution < 1.29 is 9.59 Å². The van der Waals surface area contributed by atoms with Gasteiger partial charge >= 0.3 is 0 Å². The highest BCUT2D eigenvalue weighted by Gasteiger charge is 2.18.